The highest BCUT2D eigenvalue weighted by molar-refractivity contribution is 5.76. The van der Waals surface area contributed by atoms with Gasteiger partial charge in [0.1, 0.15) is 6.10 Å². The molecule has 0 rings (SSSR count). The molecular formula is C70H141NO4. The van der Waals surface area contributed by atoms with Gasteiger partial charge in [-0.1, -0.05) is 399 Å². The van der Waals surface area contributed by atoms with E-state index in [0.717, 1.165) is 32.1 Å². The van der Waals surface area contributed by atoms with Gasteiger partial charge in [-0.2, -0.15) is 0 Å². The zero-order valence-electron chi connectivity index (χ0n) is 51.7. The van der Waals surface area contributed by atoms with Crippen LogP contribution in [0, 0.1) is 0 Å². The van der Waals surface area contributed by atoms with Gasteiger partial charge in [0.15, 0.2) is 0 Å². The molecule has 4 N–H and O–H groups in total. The van der Waals surface area contributed by atoms with Crippen LogP contribution in [0.25, 0.3) is 0 Å². The van der Waals surface area contributed by atoms with Crippen LogP contribution in [-0.4, -0.2) is 46.1 Å². The summed E-state index contributed by atoms with van der Waals surface area (Å²) < 4.78 is 0. The molecule has 0 fully saturated rings. The largest absolute Gasteiger partial charge is 0.394 e. The van der Waals surface area contributed by atoms with Crippen LogP contribution < -0.4 is 5.32 Å². The third-order valence-corrected chi connectivity index (χ3v) is 17.2. The SMILES string of the molecule is CCCCCCCCCCCCCCCCCCCCCCCCCCCCCCCCCCCCCCCC(=O)NC(CO)C(O)C(O)CCCCCCCCCCCCCCCCCCCCCCCCCC. The van der Waals surface area contributed by atoms with Crippen molar-refractivity contribution >= 4 is 5.91 Å². The first kappa shape index (κ1) is 74.3. The summed E-state index contributed by atoms with van der Waals surface area (Å²) in [6.07, 6.45) is 83.3. The molecule has 450 valence electrons. The van der Waals surface area contributed by atoms with E-state index in [4.69, 9.17) is 0 Å². The molecule has 0 radical (unpaired) electrons. The highest BCUT2D eigenvalue weighted by Crippen LogP contribution is 2.20. The van der Waals surface area contributed by atoms with Gasteiger partial charge in [0, 0.05) is 6.42 Å². The first-order valence-electron chi connectivity index (χ1n) is 35.3. The van der Waals surface area contributed by atoms with Crippen LogP contribution in [-0.2, 0) is 4.79 Å². The summed E-state index contributed by atoms with van der Waals surface area (Å²) in [7, 11) is 0. The molecule has 1 amide bonds. The molecule has 0 aromatic heterocycles. The number of hydrogen-bond acceptors (Lipinski definition) is 4. The van der Waals surface area contributed by atoms with Crippen molar-refractivity contribution in [2.75, 3.05) is 6.61 Å². The summed E-state index contributed by atoms with van der Waals surface area (Å²) in [6, 6.07) is -0.806. The van der Waals surface area contributed by atoms with Gasteiger partial charge in [-0.15, -0.1) is 0 Å². The lowest BCUT2D eigenvalue weighted by Crippen LogP contribution is -2.50. The number of amides is 1. The first-order chi connectivity index (χ1) is 37.1. The maximum absolute atomic E-state index is 12.6. The lowest BCUT2D eigenvalue weighted by atomic mass is 9.99. The van der Waals surface area contributed by atoms with Crippen molar-refractivity contribution in [2.45, 2.75) is 437 Å². The Kier molecular flexibility index (Phi) is 65.3. The molecule has 3 unspecified atom stereocenters. The second kappa shape index (κ2) is 65.9. The number of hydrogen-bond donors (Lipinski definition) is 4. The second-order valence-corrected chi connectivity index (χ2v) is 24.8. The molecule has 0 bridgehead atoms. The zero-order valence-corrected chi connectivity index (χ0v) is 51.7. The van der Waals surface area contributed by atoms with Gasteiger partial charge in [0.2, 0.25) is 5.91 Å². The molecule has 75 heavy (non-hydrogen) atoms. The summed E-state index contributed by atoms with van der Waals surface area (Å²) >= 11 is 0. The number of carbonyl (C=O) groups is 1. The van der Waals surface area contributed by atoms with Crippen molar-refractivity contribution < 1.29 is 20.1 Å². The van der Waals surface area contributed by atoms with Gasteiger partial charge in [-0.25, -0.2) is 0 Å². The number of carbonyl (C=O) groups excluding carboxylic acids is 1. The molecule has 5 heteroatoms. The van der Waals surface area contributed by atoms with Crippen molar-refractivity contribution in [3.8, 4) is 0 Å². The zero-order chi connectivity index (χ0) is 54.3. The average Bonchev–Trinajstić information content (AvgIpc) is 3.41. The van der Waals surface area contributed by atoms with Crippen molar-refractivity contribution in [2.24, 2.45) is 0 Å². The minimum Gasteiger partial charge on any atom is -0.394 e. The number of unbranched alkanes of at least 4 members (excludes halogenated alkanes) is 59. The number of rotatable bonds is 67. The predicted octanol–water partition coefficient (Wildman–Crippen LogP) is 22.8. The van der Waals surface area contributed by atoms with Crippen LogP contribution in [0.1, 0.15) is 418 Å². The molecule has 0 saturated heterocycles. The van der Waals surface area contributed by atoms with Gasteiger partial charge >= 0.3 is 0 Å². The normalized spacial score (nSPS) is 13.0. The van der Waals surface area contributed by atoms with Gasteiger partial charge < -0.3 is 20.6 Å². The van der Waals surface area contributed by atoms with Crippen molar-refractivity contribution in [1.29, 1.82) is 0 Å². The smallest absolute Gasteiger partial charge is 0.220 e. The van der Waals surface area contributed by atoms with Crippen LogP contribution in [0.4, 0.5) is 0 Å². The molecule has 0 heterocycles. The van der Waals surface area contributed by atoms with E-state index in [9.17, 15) is 20.1 Å². The summed E-state index contributed by atoms with van der Waals surface area (Å²) in [6.45, 7) is 4.24. The number of aliphatic hydroxyl groups is 3. The molecule has 0 aliphatic carbocycles. The maximum atomic E-state index is 12.6. The minimum atomic E-state index is -1.13. The Bertz CT molecular complexity index is 1040. The molecule has 0 aliphatic rings. The Balaban J connectivity index is 3.41. The van der Waals surface area contributed by atoms with Crippen LogP contribution in [0.15, 0.2) is 0 Å². The van der Waals surface area contributed by atoms with E-state index in [1.807, 2.05) is 0 Å². The lowest BCUT2D eigenvalue weighted by molar-refractivity contribution is -0.124. The predicted molar refractivity (Wildman–Crippen MR) is 333 cm³/mol. The van der Waals surface area contributed by atoms with Crippen molar-refractivity contribution in [1.82, 2.24) is 5.32 Å². The standard InChI is InChI=1S/C70H141NO4/c1-3-5-7-9-11-13-15-17-19-21-23-25-27-29-30-31-32-33-34-35-36-37-38-39-40-41-43-45-47-49-51-53-55-57-59-61-63-65-69(74)71-67(66-72)70(75)68(73)64-62-60-58-56-54-52-50-48-46-44-42-28-26-24-22-20-18-16-14-12-10-8-6-4-2/h67-68,70,72-73,75H,3-66H2,1-2H3,(H,71,74). The quantitative estimate of drug-likeness (QED) is 0.0457. The minimum absolute atomic E-state index is 0.133. The van der Waals surface area contributed by atoms with E-state index in [0.29, 0.717) is 12.8 Å². The molecular weight excluding hydrogens is 919 g/mol. The van der Waals surface area contributed by atoms with Crippen molar-refractivity contribution in [3.05, 3.63) is 0 Å². The van der Waals surface area contributed by atoms with Crippen LogP contribution in [0.5, 0.6) is 0 Å². The van der Waals surface area contributed by atoms with E-state index in [2.05, 4.69) is 19.2 Å². The summed E-state index contributed by atoms with van der Waals surface area (Å²) in [4.78, 5) is 12.6. The molecule has 0 aromatic rings. The molecule has 3 atom stereocenters. The van der Waals surface area contributed by atoms with Crippen LogP contribution in [0.3, 0.4) is 0 Å². The highest BCUT2D eigenvalue weighted by Gasteiger charge is 2.27. The average molecular weight is 1060 g/mol. The Morgan fingerprint density at radius 1 is 0.280 bits per heavy atom. The fourth-order valence-electron chi connectivity index (χ4n) is 11.8. The van der Waals surface area contributed by atoms with E-state index in [1.54, 1.807) is 0 Å². The topological polar surface area (TPSA) is 89.8 Å². The summed E-state index contributed by atoms with van der Waals surface area (Å²) in [5.74, 6) is -0.133. The number of aliphatic hydroxyl groups excluding tert-OH is 3. The third-order valence-electron chi connectivity index (χ3n) is 17.2. The van der Waals surface area contributed by atoms with Crippen molar-refractivity contribution in [3.63, 3.8) is 0 Å². The Morgan fingerprint density at radius 3 is 0.640 bits per heavy atom. The van der Waals surface area contributed by atoms with E-state index >= 15 is 0 Å². The Morgan fingerprint density at radius 2 is 0.453 bits per heavy atom. The molecule has 0 aliphatic heterocycles. The number of nitrogens with one attached hydrogen (secondary N) is 1. The second-order valence-electron chi connectivity index (χ2n) is 24.8. The van der Waals surface area contributed by atoms with E-state index < -0.39 is 18.2 Å². The fraction of sp³-hybridized carbons (Fsp3) is 0.986. The summed E-state index contributed by atoms with van der Waals surface area (Å²) in [5.41, 5.74) is 0. The van der Waals surface area contributed by atoms with Crippen LogP contribution in [0.2, 0.25) is 0 Å². The van der Waals surface area contributed by atoms with Crippen LogP contribution >= 0.6 is 0 Å². The van der Waals surface area contributed by atoms with E-state index in [-0.39, 0.29) is 12.5 Å². The van der Waals surface area contributed by atoms with Gasteiger partial charge in [0.25, 0.3) is 0 Å². The maximum Gasteiger partial charge on any atom is 0.220 e. The summed E-state index contributed by atoms with van der Waals surface area (Å²) in [5, 5.41) is 34.0. The highest BCUT2D eigenvalue weighted by atomic mass is 16.3. The van der Waals surface area contributed by atoms with Gasteiger partial charge in [-0.05, 0) is 12.8 Å². The van der Waals surface area contributed by atoms with E-state index in [1.165, 1.54) is 360 Å². The first-order valence-corrected chi connectivity index (χ1v) is 35.3. The lowest BCUT2D eigenvalue weighted by Gasteiger charge is -2.26. The molecule has 5 nitrogen and oxygen atoms in total. The Hall–Kier alpha value is -0.650. The van der Waals surface area contributed by atoms with Gasteiger partial charge in [-0.3, -0.25) is 4.79 Å². The molecule has 0 aromatic carbocycles. The molecule has 0 spiro atoms. The van der Waals surface area contributed by atoms with Gasteiger partial charge in [0.05, 0.1) is 18.8 Å². The molecule has 0 saturated carbocycles. The monoisotopic (exact) mass is 1060 g/mol. The third kappa shape index (κ3) is 60.8. The Labute approximate surface area is 472 Å². The fourth-order valence-corrected chi connectivity index (χ4v) is 11.8.